The zero-order valence-corrected chi connectivity index (χ0v) is 8.12. The second kappa shape index (κ2) is 5.17. The van der Waals surface area contributed by atoms with Gasteiger partial charge >= 0.3 is 23.1 Å². The molecule has 5 heteroatoms. The maximum atomic E-state index is 9.76. The normalized spacial score (nSPS) is 20.1. The van der Waals surface area contributed by atoms with Crippen molar-refractivity contribution in [3.63, 3.8) is 0 Å². The molecule has 0 saturated heterocycles. The van der Waals surface area contributed by atoms with E-state index in [2.05, 4.69) is 0 Å². The predicted molar refractivity (Wildman–Crippen MR) is 27.7 cm³/mol. The van der Waals surface area contributed by atoms with Gasteiger partial charge in [-0.2, -0.15) is 0 Å². The van der Waals surface area contributed by atoms with Crippen LogP contribution >= 0.6 is 0 Å². The Morgan fingerprint density at radius 1 is 1.50 bits per heavy atom. The first-order chi connectivity index (χ1) is 2.80. The third kappa shape index (κ3) is 4.26. The Balaban J connectivity index is 0. The third-order valence-electron chi connectivity index (χ3n) is 0.797. The van der Waals surface area contributed by atoms with Gasteiger partial charge < -0.3 is 21.5 Å². The van der Waals surface area contributed by atoms with Crippen LogP contribution in [0, 0.1) is 0 Å². The van der Waals surface area contributed by atoms with Gasteiger partial charge in [0.25, 0.3) is 0 Å². The van der Waals surface area contributed by atoms with E-state index >= 15 is 0 Å². The number of rotatable bonds is 1. The summed E-state index contributed by atoms with van der Waals surface area (Å²) in [5.41, 5.74) is 0. The van der Waals surface area contributed by atoms with E-state index in [9.17, 15) is 8.76 Å². The van der Waals surface area contributed by atoms with Crippen molar-refractivity contribution in [1.29, 1.82) is 0 Å². The summed E-state index contributed by atoms with van der Waals surface area (Å²) in [6, 6.07) is 0. The van der Waals surface area contributed by atoms with Crippen molar-refractivity contribution in [3.8, 4) is 0 Å². The SMILES string of the molecule is O=S([O-])C1CC1.[Br-].[Mg+2]. The van der Waals surface area contributed by atoms with Crippen molar-refractivity contribution < 1.29 is 25.7 Å². The van der Waals surface area contributed by atoms with Crippen LogP contribution in [-0.4, -0.2) is 37.1 Å². The molecule has 0 aliphatic heterocycles. The van der Waals surface area contributed by atoms with Crippen LogP contribution in [0.4, 0.5) is 0 Å². The van der Waals surface area contributed by atoms with Crippen molar-refractivity contribution >= 4 is 34.1 Å². The average molecular weight is 209 g/mol. The van der Waals surface area contributed by atoms with Crippen LogP contribution in [0.25, 0.3) is 0 Å². The van der Waals surface area contributed by atoms with Gasteiger partial charge in [-0.3, -0.25) is 4.21 Å². The molecule has 0 radical (unpaired) electrons. The summed E-state index contributed by atoms with van der Waals surface area (Å²) in [6.45, 7) is 0. The van der Waals surface area contributed by atoms with Crippen molar-refractivity contribution in [2.75, 3.05) is 0 Å². The Kier molecular flexibility index (Phi) is 7.80. The first kappa shape index (κ1) is 12.1. The number of hydrogen-bond acceptors (Lipinski definition) is 2. The molecule has 1 aliphatic carbocycles. The van der Waals surface area contributed by atoms with E-state index in [4.69, 9.17) is 0 Å². The van der Waals surface area contributed by atoms with E-state index in [0.29, 0.717) is 0 Å². The molecule has 0 aromatic carbocycles. The summed E-state index contributed by atoms with van der Waals surface area (Å²) >= 11 is -1.76. The van der Waals surface area contributed by atoms with Crippen LogP contribution in [-0.2, 0) is 11.1 Å². The summed E-state index contributed by atoms with van der Waals surface area (Å²) in [5.74, 6) is 0. The van der Waals surface area contributed by atoms with Crippen molar-refractivity contribution in [1.82, 2.24) is 0 Å². The smallest absolute Gasteiger partial charge is 1.00 e. The summed E-state index contributed by atoms with van der Waals surface area (Å²) in [4.78, 5) is 0. The summed E-state index contributed by atoms with van der Waals surface area (Å²) in [7, 11) is 0. The van der Waals surface area contributed by atoms with E-state index in [1.807, 2.05) is 0 Å². The average Bonchev–Trinajstić information content (AvgIpc) is 2.06. The van der Waals surface area contributed by atoms with Gasteiger partial charge in [0.1, 0.15) is 0 Å². The zero-order valence-electron chi connectivity index (χ0n) is 4.30. The molecule has 8 heavy (non-hydrogen) atoms. The second-order valence-electron chi connectivity index (χ2n) is 1.46. The maximum absolute atomic E-state index is 9.76. The molecular weight excluding hydrogens is 204 g/mol. The molecule has 1 fully saturated rings. The predicted octanol–water partition coefficient (Wildman–Crippen LogP) is -3.35. The van der Waals surface area contributed by atoms with E-state index in [1.165, 1.54) is 0 Å². The van der Waals surface area contributed by atoms with Gasteiger partial charge in [-0.25, -0.2) is 0 Å². The van der Waals surface area contributed by atoms with Gasteiger partial charge in [0.15, 0.2) is 0 Å². The third-order valence-corrected chi connectivity index (χ3v) is 1.81. The fourth-order valence-electron chi connectivity index (χ4n) is 0.260. The van der Waals surface area contributed by atoms with Crippen LogP contribution in [0.2, 0.25) is 0 Å². The minimum absolute atomic E-state index is 0. The Labute approximate surface area is 77.6 Å². The van der Waals surface area contributed by atoms with Gasteiger partial charge in [0.2, 0.25) is 0 Å². The standard InChI is InChI=1S/C3H6O2S.BrH.Mg/c4-6(5)3-1-2-3;;/h3H,1-2H2,(H,4,5);1H;/q;;+2/p-2. The van der Waals surface area contributed by atoms with Crippen LogP contribution in [0.3, 0.4) is 0 Å². The minimum Gasteiger partial charge on any atom is -1.00 e. The molecule has 0 heterocycles. The first-order valence-corrected chi connectivity index (χ1v) is 3.02. The van der Waals surface area contributed by atoms with Gasteiger partial charge in [0.05, 0.1) is 0 Å². The van der Waals surface area contributed by atoms with Gasteiger partial charge in [0, 0.05) is 5.25 Å². The molecule has 1 rings (SSSR count). The molecule has 2 nitrogen and oxygen atoms in total. The molecule has 44 valence electrons. The summed E-state index contributed by atoms with van der Waals surface area (Å²) < 4.78 is 19.5. The monoisotopic (exact) mass is 208 g/mol. The molecule has 0 bridgehead atoms. The van der Waals surface area contributed by atoms with Crippen LogP contribution in [0.15, 0.2) is 0 Å². The van der Waals surface area contributed by atoms with E-state index in [-0.39, 0.29) is 45.3 Å². The fraction of sp³-hybridized carbons (Fsp3) is 1.00. The number of hydrogen-bond donors (Lipinski definition) is 0. The molecule has 1 aliphatic rings. The van der Waals surface area contributed by atoms with Gasteiger partial charge in [-0.05, 0) is 12.8 Å². The Bertz CT molecular complexity index is 85.4. The summed E-state index contributed by atoms with van der Waals surface area (Å²) in [6.07, 6.45) is 1.77. The van der Waals surface area contributed by atoms with Crippen LogP contribution in [0.5, 0.6) is 0 Å². The molecule has 1 atom stereocenters. The molecule has 1 saturated carbocycles. The van der Waals surface area contributed by atoms with Crippen molar-refractivity contribution in [2.45, 2.75) is 18.1 Å². The first-order valence-electron chi connectivity index (χ1n) is 1.89. The quantitative estimate of drug-likeness (QED) is 0.334. The van der Waals surface area contributed by atoms with E-state index < -0.39 is 11.1 Å². The Hall–Kier alpha value is 1.36. The number of halogens is 1. The maximum Gasteiger partial charge on any atom is 2.00 e. The van der Waals surface area contributed by atoms with Gasteiger partial charge in [-0.1, -0.05) is 11.1 Å². The summed E-state index contributed by atoms with van der Waals surface area (Å²) in [5, 5.41) is 0.0185. The second-order valence-corrected chi connectivity index (χ2v) is 2.65. The molecule has 0 N–H and O–H groups in total. The fourth-order valence-corrected chi connectivity index (χ4v) is 0.781. The van der Waals surface area contributed by atoms with Crippen LogP contribution in [0.1, 0.15) is 12.8 Å². The van der Waals surface area contributed by atoms with E-state index in [1.54, 1.807) is 0 Å². The zero-order chi connectivity index (χ0) is 4.57. The molecular formula is C3H5BrMgO2S. The molecule has 0 aromatic heterocycles. The topological polar surface area (TPSA) is 40.1 Å². The molecule has 0 amide bonds. The molecule has 1 unspecified atom stereocenters. The largest absolute Gasteiger partial charge is 2.00 e. The Morgan fingerprint density at radius 3 is 1.88 bits per heavy atom. The van der Waals surface area contributed by atoms with Gasteiger partial charge in [-0.15, -0.1) is 0 Å². The molecule has 0 aromatic rings. The van der Waals surface area contributed by atoms with E-state index in [0.717, 1.165) is 12.8 Å². The van der Waals surface area contributed by atoms with Crippen LogP contribution < -0.4 is 17.0 Å². The van der Waals surface area contributed by atoms with Crippen molar-refractivity contribution in [3.05, 3.63) is 0 Å². The molecule has 0 spiro atoms. The van der Waals surface area contributed by atoms with Crippen molar-refractivity contribution in [2.24, 2.45) is 0 Å². The Morgan fingerprint density at radius 2 is 1.88 bits per heavy atom. The minimum atomic E-state index is -1.76.